The minimum absolute atomic E-state index is 0.166. The number of carbonyl (C=O) groups excluding carboxylic acids is 1. The monoisotopic (exact) mass is 448 g/mol. The van der Waals surface area contributed by atoms with E-state index in [2.05, 4.69) is 33.2 Å². The minimum atomic E-state index is -0.333. The van der Waals surface area contributed by atoms with Gasteiger partial charge in [-0.05, 0) is 37.5 Å². The lowest BCUT2D eigenvalue weighted by Crippen LogP contribution is -2.31. The highest BCUT2D eigenvalue weighted by molar-refractivity contribution is 9.10. The summed E-state index contributed by atoms with van der Waals surface area (Å²) in [5.74, 6) is 2.55. The fourth-order valence-corrected chi connectivity index (χ4v) is 4.66. The fraction of sp³-hybridized carbons (Fsp3) is 0.421. The SMILES string of the molecule is CCCSc1nc2n(n1)C(c1cc(Br)ccc1OC)C1=C(CCCC1=O)N2. The van der Waals surface area contributed by atoms with Crippen molar-refractivity contribution in [1.29, 1.82) is 0 Å². The van der Waals surface area contributed by atoms with Gasteiger partial charge in [0.25, 0.3) is 0 Å². The number of fused-ring (bicyclic) bond motifs is 1. The number of ether oxygens (including phenoxy) is 1. The van der Waals surface area contributed by atoms with Gasteiger partial charge in [-0.3, -0.25) is 4.79 Å². The largest absolute Gasteiger partial charge is 0.496 e. The van der Waals surface area contributed by atoms with E-state index in [4.69, 9.17) is 9.84 Å². The van der Waals surface area contributed by atoms with Crippen LogP contribution in [0.15, 0.2) is 39.1 Å². The number of Topliss-reactive ketones (excluding diaryl/α,β-unsaturated/α-hetero) is 1. The average Bonchev–Trinajstić information content (AvgIpc) is 3.07. The number of thioether (sulfide) groups is 1. The summed E-state index contributed by atoms with van der Waals surface area (Å²) in [4.78, 5) is 17.5. The molecule has 1 aliphatic heterocycles. The smallest absolute Gasteiger partial charge is 0.227 e. The first-order valence-electron chi connectivity index (χ1n) is 9.08. The summed E-state index contributed by atoms with van der Waals surface area (Å²) >= 11 is 5.18. The number of nitrogens with one attached hydrogen (secondary N) is 1. The molecule has 0 fully saturated rings. The quantitative estimate of drug-likeness (QED) is 0.675. The highest BCUT2D eigenvalue weighted by Crippen LogP contribution is 2.43. The molecular formula is C19H21BrN4O2S. The van der Waals surface area contributed by atoms with Crippen LogP contribution in [0.3, 0.4) is 0 Å². The minimum Gasteiger partial charge on any atom is -0.496 e. The van der Waals surface area contributed by atoms with E-state index in [9.17, 15) is 4.79 Å². The Labute approximate surface area is 170 Å². The van der Waals surface area contributed by atoms with E-state index in [0.717, 1.165) is 57.2 Å². The van der Waals surface area contributed by atoms with Crippen LogP contribution in [0.25, 0.3) is 0 Å². The number of anilines is 1. The molecule has 2 heterocycles. The number of methoxy groups -OCH3 is 1. The van der Waals surface area contributed by atoms with Crippen molar-refractivity contribution in [1.82, 2.24) is 14.8 Å². The molecule has 0 saturated heterocycles. The zero-order valence-corrected chi connectivity index (χ0v) is 17.7. The van der Waals surface area contributed by atoms with Crippen LogP contribution in [0.2, 0.25) is 0 Å². The van der Waals surface area contributed by atoms with Gasteiger partial charge in [0.2, 0.25) is 11.1 Å². The molecule has 27 heavy (non-hydrogen) atoms. The second-order valence-electron chi connectivity index (χ2n) is 6.59. The van der Waals surface area contributed by atoms with E-state index < -0.39 is 0 Å². The molecular weight excluding hydrogens is 428 g/mol. The highest BCUT2D eigenvalue weighted by Gasteiger charge is 2.38. The summed E-state index contributed by atoms with van der Waals surface area (Å²) in [6.45, 7) is 2.13. The van der Waals surface area contributed by atoms with Gasteiger partial charge in [-0.25, -0.2) is 4.68 Å². The number of hydrogen-bond donors (Lipinski definition) is 1. The zero-order chi connectivity index (χ0) is 19.0. The molecule has 1 aromatic carbocycles. The van der Waals surface area contributed by atoms with E-state index in [1.165, 1.54) is 0 Å². The van der Waals surface area contributed by atoms with Crippen molar-refractivity contribution in [3.8, 4) is 5.75 Å². The van der Waals surface area contributed by atoms with Crippen molar-refractivity contribution in [3.05, 3.63) is 39.5 Å². The average molecular weight is 449 g/mol. The summed E-state index contributed by atoms with van der Waals surface area (Å²) in [6.07, 6.45) is 3.32. The van der Waals surface area contributed by atoms with Gasteiger partial charge in [-0.1, -0.05) is 34.6 Å². The predicted octanol–water partition coefficient (Wildman–Crippen LogP) is 4.57. The maximum absolute atomic E-state index is 12.9. The van der Waals surface area contributed by atoms with Crippen LogP contribution < -0.4 is 10.1 Å². The molecule has 2 aliphatic rings. The fourth-order valence-electron chi connectivity index (χ4n) is 3.60. The topological polar surface area (TPSA) is 69.0 Å². The van der Waals surface area contributed by atoms with Crippen LogP contribution in [0.4, 0.5) is 5.95 Å². The number of aromatic nitrogens is 3. The van der Waals surface area contributed by atoms with Gasteiger partial charge >= 0.3 is 0 Å². The van der Waals surface area contributed by atoms with Crippen molar-refractivity contribution in [2.45, 2.75) is 43.8 Å². The maximum atomic E-state index is 12.9. The van der Waals surface area contributed by atoms with Crippen LogP contribution in [0.5, 0.6) is 5.75 Å². The molecule has 1 N–H and O–H groups in total. The first-order valence-corrected chi connectivity index (χ1v) is 10.9. The van der Waals surface area contributed by atoms with Gasteiger partial charge in [0.15, 0.2) is 5.78 Å². The van der Waals surface area contributed by atoms with Crippen LogP contribution in [0.1, 0.15) is 44.2 Å². The highest BCUT2D eigenvalue weighted by atomic mass is 79.9. The van der Waals surface area contributed by atoms with Gasteiger partial charge < -0.3 is 10.1 Å². The number of benzene rings is 1. The van der Waals surface area contributed by atoms with Crippen LogP contribution in [-0.4, -0.2) is 33.4 Å². The molecule has 6 nitrogen and oxygen atoms in total. The Morgan fingerprint density at radius 2 is 2.26 bits per heavy atom. The number of allylic oxidation sites excluding steroid dienone is 2. The molecule has 0 bridgehead atoms. The van der Waals surface area contributed by atoms with Gasteiger partial charge in [0, 0.05) is 33.5 Å². The Morgan fingerprint density at radius 3 is 3.04 bits per heavy atom. The van der Waals surface area contributed by atoms with E-state index in [1.807, 2.05) is 22.9 Å². The maximum Gasteiger partial charge on any atom is 0.227 e. The van der Waals surface area contributed by atoms with Crippen LogP contribution in [0, 0.1) is 0 Å². The molecule has 142 valence electrons. The summed E-state index contributed by atoms with van der Waals surface area (Å²) in [5, 5.41) is 8.81. The third-order valence-electron chi connectivity index (χ3n) is 4.77. The predicted molar refractivity (Wildman–Crippen MR) is 109 cm³/mol. The molecule has 0 saturated carbocycles. The van der Waals surface area contributed by atoms with Gasteiger partial charge in [-0.15, -0.1) is 5.10 Å². The Kier molecular flexibility index (Phi) is 5.27. The molecule has 0 radical (unpaired) electrons. The summed E-state index contributed by atoms with van der Waals surface area (Å²) in [5.41, 5.74) is 2.65. The van der Waals surface area contributed by atoms with Crippen molar-refractivity contribution in [3.63, 3.8) is 0 Å². The molecule has 8 heteroatoms. The zero-order valence-electron chi connectivity index (χ0n) is 15.3. The number of hydrogen-bond acceptors (Lipinski definition) is 6. The van der Waals surface area contributed by atoms with Crippen LogP contribution >= 0.6 is 27.7 Å². The molecule has 1 unspecified atom stereocenters. The second-order valence-corrected chi connectivity index (χ2v) is 8.57. The first-order chi connectivity index (χ1) is 13.1. The lowest BCUT2D eigenvalue weighted by Gasteiger charge is -2.32. The molecule has 1 aromatic heterocycles. The normalized spacial score (nSPS) is 18.8. The van der Waals surface area contributed by atoms with Crippen LogP contribution in [-0.2, 0) is 4.79 Å². The first kappa shape index (κ1) is 18.6. The van der Waals surface area contributed by atoms with E-state index >= 15 is 0 Å². The van der Waals surface area contributed by atoms with Gasteiger partial charge in [0.05, 0.1) is 7.11 Å². The lowest BCUT2D eigenvalue weighted by molar-refractivity contribution is -0.116. The summed E-state index contributed by atoms with van der Waals surface area (Å²) in [6, 6.07) is 5.52. The van der Waals surface area contributed by atoms with Crippen molar-refractivity contribution < 1.29 is 9.53 Å². The number of carbonyl (C=O) groups is 1. The van der Waals surface area contributed by atoms with Crippen molar-refractivity contribution in [2.24, 2.45) is 0 Å². The molecule has 2 aromatic rings. The van der Waals surface area contributed by atoms with Gasteiger partial charge in [0.1, 0.15) is 11.8 Å². The number of rotatable bonds is 5. The second kappa shape index (κ2) is 7.67. The third kappa shape index (κ3) is 3.40. The summed E-state index contributed by atoms with van der Waals surface area (Å²) in [7, 11) is 1.65. The van der Waals surface area contributed by atoms with E-state index in [-0.39, 0.29) is 11.8 Å². The Bertz CT molecular complexity index is 924. The third-order valence-corrected chi connectivity index (χ3v) is 6.31. The standard InChI is InChI=1S/C19H21BrN4O2S/c1-3-9-27-19-22-18-21-13-5-4-6-14(25)16(13)17(24(18)23-19)12-10-11(20)7-8-15(12)26-2/h7-8,10,17H,3-6,9H2,1-2H3,(H,21,22,23). The van der Waals surface area contributed by atoms with E-state index in [0.29, 0.717) is 12.4 Å². The molecule has 1 atom stereocenters. The Morgan fingerprint density at radius 1 is 1.41 bits per heavy atom. The van der Waals surface area contributed by atoms with E-state index in [1.54, 1.807) is 18.9 Å². The van der Waals surface area contributed by atoms with Crippen molar-refractivity contribution in [2.75, 3.05) is 18.2 Å². The summed E-state index contributed by atoms with van der Waals surface area (Å²) < 4.78 is 8.39. The molecule has 1 aliphatic carbocycles. The molecule has 4 rings (SSSR count). The molecule has 0 amide bonds. The number of ketones is 1. The lowest BCUT2D eigenvalue weighted by atomic mass is 9.85. The Balaban J connectivity index is 1.88. The number of halogens is 1. The molecule has 0 spiro atoms. The number of nitrogens with zero attached hydrogens (tertiary/aromatic N) is 3. The Hall–Kier alpha value is -1.80. The van der Waals surface area contributed by atoms with Gasteiger partial charge in [-0.2, -0.15) is 4.98 Å². The van der Waals surface area contributed by atoms with Crippen molar-refractivity contribution >= 4 is 39.4 Å².